The van der Waals surface area contributed by atoms with Gasteiger partial charge >= 0.3 is 18.2 Å². The average Bonchev–Trinajstić information content (AvgIpc) is 3.19. The summed E-state index contributed by atoms with van der Waals surface area (Å²) in [5.41, 5.74) is 1.82. The maximum atomic E-state index is 15.2. The van der Waals surface area contributed by atoms with E-state index in [9.17, 15) is 27.9 Å². The molecular weight excluding hydrogens is 594 g/mol. The van der Waals surface area contributed by atoms with E-state index >= 15 is 4.39 Å². The molecular formula is C33H33F4N3O5. The van der Waals surface area contributed by atoms with E-state index in [1.807, 2.05) is 12.1 Å². The molecule has 238 valence electrons. The number of methoxy groups -OCH3 is 1. The van der Waals surface area contributed by atoms with Crippen molar-refractivity contribution in [2.45, 2.75) is 63.9 Å². The van der Waals surface area contributed by atoms with E-state index in [1.165, 1.54) is 18.1 Å². The minimum atomic E-state index is -4.55. The second-order valence-electron chi connectivity index (χ2n) is 12.1. The van der Waals surface area contributed by atoms with E-state index in [0.717, 1.165) is 31.6 Å². The zero-order valence-corrected chi connectivity index (χ0v) is 25.0. The molecule has 0 spiro atoms. The van der Waals surface area contributed by atoms with E-state index in [1.54, 1.807) is 26.0 Å². The van der Waals surface area contributed by atoms with E-state index < -0.39 is 47.7 Å². The van der Waals surface area contributed by atoms with E-state index in [4.69, 9.17) is 14.5 Å². The van der Waals surface area contributed by atoms with Gasteiger partial charge in [0.2, 0.25) is 0 Å². The van der Waals surface area contributed by atoms with Gasteiger partial charge in [-0.15, -0.1) is 0 Å². The van der Waals surface area contributed by atoms with Gasteiger partial charge in [-0.05, 0) is 80.5 Å². The summed E-state index contributed by atoms with van der Waals surface area (Å²) in [6.07, 6.45) is -4.52. The fourth-order valence-corrected chi connectivity index (χ4v) is 6.38. The average molecular weight is 628 g/mol. The molecule has 12 heteroatoms. The normalized spacial score (nSPS) is 23.0. The van der Waals surface area contributed by atoms with Gasteiger partial charge in [-0.3, -0.25) is 9.69 Å². The topological polar surface area (TPSA) is 92.2 Å². The number of aryl methyl sites for hydroxylation is 1. The molecule has 2 atom stereocenters. The molecule has 0 unspecified atom stereocenters. The molecule has 0 radical (unpaired) electrons. The van der Waals surface area contributed by atoms with Gasteiger partial charge < -0.3 is 19.5 Å². The van der Waals surface area contributed by atoms with Crippen LogP contribution in [0.4, 0.5) is 28.2 Å². The number of benzene rings is 2. The van der Waals surface area contributed by atoms with Crippen molar-refractivity contribution < 1.29 is 41.7 Å². The Morgan fingerprint density at radius 1 is 1.11 bits per heavy atom. The number of carboxylic acid groups (broad SMARTS) is 1. The first kappa shape index (κ1) is 30.7. The molecule has 2 aliphatic heterocycles. The molecule has 3 aliphatic rings. The number of aliphatic carboxylic acids is 1. The SMILES string of the molecule is COc1cc(F)c([C@H]2C[C@@H](C(=O)O)C2)cc1-c1ccc(N2CCC2)nc1CN1C(=O)O[C@H](c2cc(C)cc(C(F)(F)F)c2)[C@@H]1C. The zero-order valence-electron chi connectivity index (χ0n) is 25.0. The van der Waals surface area contributed by atoms with Crippen molar-refractivity contribution in [3.05, 3.63) is 76.2 Å². The summed E-state index contributed by atoms with van der Waals surface area (Å²) in [6.45, 7) is 4.90. The lowest BCUT2D eigenvalue weighted by molar-refractivity contribution is -0.145. The van der Waals surface area contributed by atoms with Gasteiger partial charge in [-0.1, -0.05) is 11.6 Å². The van der Waals surface area contributed by atoms with Crippen LogP contribution in [0.1, 0.15) is 66.2 Å². The summed E-state index contributed by atoms with van der Waals surface area (Å²) in [5.74, 6) is -1.23. The van der Waals surface area contributed by atoms with Gasteiger partial charge in [0, 0.05) is 30.3 Å². The van der Waals surface area contributed by atoms with E-state index in [2.05, 4.69) is 4.90 Å². The number of anilines is 1. The van der Waals surface area contributed by atoms with E-state index in [-0.39, 0.29) is 23.8 Å². The first-order valence-electron chi connectivity index (χ1n) is 14.9. The monoisotopic (exact) mass is 627 g/mol. The number of carbonyl (C=O) groups excluding carboxylic acids is 1. The van der Waals surface area contributed by atoms with Crippen LogP contribution in [0.3, 0.4) is 0 Å². The highest BCUT2D eigenvalue weighted by molar-refractivity contribution is 5.77. The number of hydrogen-bond donors (Lipinski definition) is 1. The minimum absolute atomic E-state index is 0.0220. The summed E-state index contributed by atoms with van der Waals surface area (Å²) in [4.78, 5) is 33.0. The number of alkyl halides is 3. The number of hydrogen-bond acceptors (Lipinski definition) is 6. The Morgan fingerprint density at radius 2 is 1.84 bits per heavy atom. The predicted octanol–water partition coefficient (Wildman–Crippen LogP) is 7.09. The highest BCUT2D eigenvalue weighted by atomic mass is 19.4. The molecule has 2 saturated heterocycles. The molecule has 3 heterocycles. The number of cyclic esters (lactones) is 1. The van der Waals surface area contributed by atoms with Gasteiger partial charge in [0.05, 0.1) is 36.9 Å². The fraction of sp³-hybridized carbons (Fsp3) is 0.424. The van der Waals surface area contributed by atoms with Crippen LogP contribution in [0.25, 0.3) is 11.1 Å². The maximum Gasteiger partial charge on any atom is 0.416 e. The van der Waals surface area contributed by atoms with Crippen LogP contribution in [-0.2, 0) is 22.3 Å². The Labute approximate surface area is 257 Å². The number of amides is 1. The molecule has 0 bridgehead atoms. The van der Waals surface area contributed by atoms with Gasteiger partial charge in [0.15, 0.2) is 0 Å². The summed E-state index contributed by atoms with van der Waals surface area (Å²) in [7, 11) is 1.42. The van der Waals surface area contributed by atoms with Crippen LogP contribution >= 0.6 is 0 Å². The van der Waals surface area contributed by atoms with Gasteiger partial charge in [0.25, 0.3) is 0 Å². The van der Waals surface area contributed by atoms with Crippen LogP contribution in [0.2, 0.25) is 0 Å². The van der Waals surface area contributed by atoms with Gasteiger partial charge in [-0.25, -0.2) is 14.2 Å². The minimum Gasteiger partial charge on any atom is -0.496 e. The first-order chi connectivity index (χ1) is 21.3. The molecule has 1 saturated carbocycles. The predicted molar refractivity (Wildman–Crippen MR) is 157 cm³/mol. The second-order valence-corrected chi connectivity index (χ2v) is 12.1. The number of pyridine rings is 1. The summed E-state index contributed by atoms with van der Waals surface area (Å²) in [5, 5.41) is 9.33. The summed E-state index contributed by atoms with van der Waals surface area (Å²) >= 11 is 0. The lowest BCUT2D eigenvalue weighted by Crippen LogP contribution is -2.38. The number of nitrogens with zero attached hydrogens (tertiary/aromatic N) is 3. The van der Waals surface area contributed by atoms with Crippen LogP contribution in [0, 0.1) is 18.7 Å². The van der Waals surface area contributed by atoms with Crippen molar-refractivity contribution in [1.82, 2.24) is 9.88 Å². The number of ether oxygens (including phenoxy) is 2. The number of aromatic nitrogens is 1. The smallest absolute Gasteiger partial charge is 0.416 e. The third-order valence-electron chi connectivity index (χ3n) is 9.14. The number of carbonyl (C=O) groups is 2. The molecule has 1 N–H and O–H groups in total. The standard InChI is InChI=1S/C33H33F4N3O5/c1-17-9-20(13-22(10-17)33(35,36)37)30-18(2)40(32(43)45-30)16-27-23(5-6-29(38-27)39-7-4-8-39)25-14-24(26(34)15-28(25)44-3)19-11-21(12-19)31(41)42/h5-6,9-10,13-15,18-19,21,30H,4,7-8,11-12,16H2,1-3H3,(H,41,42)/t18-,19-,21+,30-/m0/s1. The lowest BCUT2D eigenvalue weighted by Gasteiger charge is -2.34. The third kappa shape index (κ3) is 5.78. The molecule has 45 heavy (non-hydrogen) atoms. The van der Waals surface area contributed by atoms with Crippen molar-refractivity contribution in [3.8, 4) is 16.9 Å². The molecule has 8 nitrogen and oxygen atoms in total. The largest absolute Gasteiger partial charge is 0.496 e. The molecule has 6 rings (SSSR count). The third-order valence-corrected chi connectivity index (χ3v) is 9.14. The van der Waals surface area contributed by atoms with Crippen molar-refractivity contribution in [1.29, 1.82) is 0 Å². The molecule has 3 aromatic rings. The number of rotatable bonds is 8. The van der Waals surface area contributed by atoms with Gasteiger partial charge in [-0.2, -0.15) is 13.2 Å². The Bertz CT molecular complexity index is 1650. The number of halogens is 4. The molecule has 2 aromatic carbocycles. The molecule has 1 aliphatic carbocycles. The van der Waals surface area contributed by atoms with Crippen molar-refractivity contribution >= 4 is 17.9 Å². The lowest BCUT2D eigenvalue weighted by atomic mass is 9.71. The Hall–Kier alpha value is -4.35. The second kappa shape index (κ2) is 11.5. The van der Waals surface area contributed by atoms with Gasteiger partial charge in [0.1, 0.15) is 23.5 Å². The molecule has 1 amide bonds. The Kier molecular flexibility index (Phi) is 7.86. The van der Waals surface area contributed by atoms with Crippen molar-refractivity contribution in [2.24, 2.45) is 5.92 Å². The Balaban J connectivity index is 1.36. The fourth-order valence-electron chi connectivity index (χ4n) is 6.38. The van der Waals surface area contributed by atoms with Crippen LogP contribution in [0.5, 0.6) is 5.75 Å². The first-order valence-corrected chi connectivity index (χ1v) is 14.9. The van der Waals surface area contributed by atoms with Crippen LogP contribution in [0.15, 0.2) is 42.5 Å². The Morgan fingerprint density at radius 3 is 2.47 bits per heavy atom. The van der Waals surface area contributed by atoms with E-state index in [0.29, 0.717) is 46.6 Å². The number of carboxylic acids is 1. The quantitative estimate of drug-likeness (QED) is 0.267. The zero-order chi connectivity index (χ0) is 32.2. The highest BCUT2D eigenvalue weighted by Crippen LogP contribution is 2.46. The highest BCUT2D eigenvalue weighted by Gasteiger charge is 2.42. The summed E-state index contributed by atoms with van der Waals surface area (Å²) < 4.78 is 67.1. The molecule has 1 aromatic heterocycles. The maximum absolute atomic E-state index is 15.2. The van der Waals surface area contributed by atoms with Crippen molar-refractivity contribution in [2.75, 3.05) is 25.1 Å². The molecule has 3 fully saturated rings. The summed E-state index contributed by atoms with van der Waals surface area (Å²) in [6, 6.07) is 9.67. The van der Waals surface area contributed by atoms with Crippen molar-refractivity contribution in [3.63, 3.8) is 0 Å². The van der Waals surface area contributed by atoms with Crippen LogP contribution in [-0.4, -0.2) is 53.3 Å². The van der Waals surface area contributed by atoms with Crippen LogP contribution < -0.4 is 9.64 Å².